The number of carbonyl (C=O) groups excluding carboxylic acids is 1. The van der Waals surface area contributed by atoms with Crippen molar-refractivity contribution in [2.75, 3.05) is 0 Å². The molecule has 112 valence electrons. The van der Waals surface area contributed by atoms with Crippen molar-refractivity contribution in [3.63, 3.8) is 0 Å². The summed E-state index contributed by atoms with van der Waals surface area (Å²) in [5.74, 6) is 0.127. The van der Waals surface area contributed by atoms with Gasteiger partial charge in [0.25, 0.3) is 0 Å². The fourth-order valence-electron chi connectivity index (χ4n) is 1.94. The number of hydrogen-bond acceptors (Lipinski definition) is 5. The number of ketones is 1. The molecule has 0 bridgehead atoms. The van der Waals surface area contributed by atoms with Crippen LogP contribution in [0.1, 0.15) is 23.0 Å². The van der Waals surface area contributed by atoms with Crippen molar-refractivity contribution in [3.8, 4) is 16.5 Å². The van der Waals surface area contributed by atoms with Gasteiger partial charge in [-0.05, 0) is 36.6 Å². The van der Waals surface area contributed by atoms with Crippen LogP contribution in [0.15, 0.2) is 46.4 Å². The van der Waals surface area contributed by atoms with E-state index < -0.39 is 5.82 Å². The molecule has 0 fully saturated rings. The Morgan fingerprint density at radius 3 is 3.00 bits per heavy atom. The fourth-order valence-corrected chi connectivity index (χ4v) is 2.60. The highest BCUT2D eigenvalue weighted by Gasteiger charge is 2.12. The summed E-state index contributed by atoms with van der Waals surface area (Å²) >= 11 is 1.53. The molecule has 4 nitrogen and oxygen atoms in total. The maximum absolute atomic E-state index is 13.2. The third kappa shape index (κ3) is 3.07. The highest BCUT2D eigenvalue weighted by atomic mass is 32.1. The first kappa shape index (κ1) is 14.5. The zero-order valence-corrected chi connectivity index (χ0v) is 12.5. The molecule has 0 aliphatic rings. The number of thiophene rings is 1. The summed E-state index contributed by atoms with van der Waals surface area (Å²) in [5, 5.41) is 1.94. The Morgan fingerprint density at radius 1 is 1.41 bits per heavy atom. The zero-order chi connectivity index (χ0) is 15.5. The van der Waals surface area contributed by atoms with Gasteiger partial charge in [0.1, 0.15) is 30.1 Å². The Hall–Kier alpha value is -2.47. The Bertz CT molecular complexity index is 796. The van der Waals surface area contributed by atoms with Crippen molar-refractivity contribution in [3.05, 3.63) is 59.0 Å². The standard InChI is InChI=1S/C16H12FNO3S/c1-10(19)13-7-11(17)4-5-14(13)20-8-12-9-21-16(18-12)15-3-2-6-22-15/h2-7,9H,8H2,1H3. The summed E-state index contributed by atoms with van der Waals surface area (Å²) in [7, 11) is 0. The predicted molar refractivity (Wildman–Crippen MR) is 80.6 cm³/mol. The van der Waals surface area contributed by atoms with Crippen LogP contribution in [0.4, 0.5) is 4.39 Å². The molecule has 6 heteroatoms. The maximum atomic E-state index is 13.2. The number of hydrogen-bond donors (Lipinski definition) is 0. The predicted octanol–water partition coefficient (Wildman–Crippen LogP) is 4.32. The van der Waals surface area contributed by atoms with Gasteiger partial charge >= 0.3 is 0 Å². The lowest BCUT2D eigenvalue weighted by molar-refractivity contribution is 0.101. The average Bonchev–Trinajstić information content (AvgIpc) is 3.16. The Kier molecular flexibility index (Phi) is 4.02. The Morgan fingerprint density at radius 2 is 2.27 bits per heavy atom. The molecule has 0 unspecified atom stereocenters. The van der Waals surface area contributed by atoms with E-state index in [1.54, 1.807) is 0 Å². The number of carbonyl (C=O) groups is 1. The van der Waals surface area contributed by atoms with E-state index in [1.807, 2.05) is 17.5 Å². The smallest absolute Gasteiger partial charge is 0.236 e. The quantitative estimate of drug-likeness (QED) is 0.657. The van der Waals surface area contributed by atoms with Crippen LogP contribution in [-0.4, -0.2) is 10.8 Å². The number of oxazole rings is 1. The maximum Gasteiger partial charge on any atom is 0.236 e. The molecule has 1 aromatic carbocycles. The van der Waals surface area contributed by atoms with Gasteiger partial charge in [0.15, 0.2) is 5.78 Å². The topological polar surface area (TPSA) is 52.3 Å². The van der Waals surface area contributed by atoms with Crippen LogP contribution in [-0.2, 0) is 6.61 Å². The van der Waals surface area contributed by atoms with Crippen molar-refractivity contribution in [2.45, 2.75) is 13.5 Å². The molecule has 3 aromatic rings. The lowest BCUT2D eigenvalue weighted by Gasteiger charge is -2.08. The van der Waals surface area contributed by atoms with Crippen LogP contribution in [0.3, 0.4) is 0 Å². The first-order chi connectivity index (χ1) is 10.6. The number of aromatic nitrogens is 1. The fraction of sp³-hybridized carbons (Fsp3) is 0.125. The molecule has 3 rings (SSSR count). The first-order valence-corrected chi connectivity index (χ1v) is 7.43. The second-order valence-corrected chi connectivity index (χ2v) is 5.55. The van der Waals surface area contributed by atoms with E-state index >= 15 is 0 Å². The monoisotopic (exact) mass is 317 g/mol. The summed E-state index contributed by atoms with van der Waals surface area (Å²) in [5.41, 5.74) is 0.809. The second kappa shape index (κ2) is 6.11. The SMILES string of the molecule is CC(=O)c1cc(F)ccc1OCc1coc(-c2cccs2)n1. The zero-order valence-electron chi connectivity index (χ0n) is 11.7. The molecule has 22 heavy (non-hydrogen) atoms. The van der Waals surface area contributed by atoms with Gasteiger partial charge in [-0.25, -0.2) is 9.37 Å². The van der Waals surface area contributed by atoms with Crippen LogP contribution >= 0.6 is 11.3 Å². The molecule has 2 aromatic heterocycles. The first-order valence-electron chi connectivity index (χ1n) is 6.55. The third-order valence-electron chi connectivity index (χ3n) is 2.98. The number of Topliss-reactive ketones (excluding diaryl/α,β-unsaturated/α-hetero) is 1. The summed E-state index contributed by atoms with van der Waals surface area (Å²) in [6.45, 7) is 1.51. The molecule has 0 spiro atoms. The summed E-state index contributed by atoms with van der Waals surface area (Å²) in [6, 6.07) is 7.68. The van der Waals surface area contributed by atoms with Gasteiger partial charge in [0.2, 0.25) is 5.89 Å². The highest BCUT2D eigenvalue weighted by Crippen LogP contribution is 2.25. The summed E-state index contributed by atoms with van der Waals surface area (Å²) in [4.78, 5) is 16.8. The van der Waals surface area contributed by atoms with Gasteiger partial charge in [0.05, 0.1) is 10.4 Å². The van der Waals surface area contributed by atoms with E-state index in [9.17, 15) is 9.18 Å². The van der Waals surface area contributed by atoms with E-state index in [0.29, 0.717) is 17.3 Å². The molecular weight excluding hydrogens is 305 g/mol. The van der Waals surface area contributed by atoms with Crippen molar-refractivity contribution in [2.24, 2.45) is 0 Å². The van der Waals surface area contributed by atoms with Gasteiger partial charge in [0, 0.05) is 0 Å². The van der Waals surface area contributed by atoms with Crippen molar-refractivity contribution < 1.29 is 18.3 Å². The van der Waals surface area contributed by atoms with E-state index in [2.05, 4.69) is 4.98 Å². The second-order valence-electron chi connectivity index (χ2n) is 4.61. The number of rotatable bonds is 5. The molecule has 0 amide bonds. The number of benzene rings is 1. The number of nitrogens with zero attached hydrogens (tertiary/aromatic N) is 1. The normalized spacial score (nSPS) is 10.6. The lowest BCUT2D eigenvalue weighted by Crippen LogP contribution is -2.02. The van der Waals surface area contributed by atoms with Crippen LogP contribution in [0.2, 0.25) is 0 Å². The van der Waals surface area contributed by atoms with Crippen molar-refractivity contribution in [1.82, 2.24) is 4.98 Å². The van der Waals surface area contributed by atoms with Crippen molar-refractivity contribution in [1.29, 1.82) is 0 Å². The molecule has 2 heterocycles. The molecule has 0 aliphatic heterocycles. The molecule has 0 saturated heterocycles. The van der Waals surface area contributed by atoms with Crippen LogP contribution in [0.25, 0.3) is 10.8 Å². The van der Waals surface area contributed by atoms with Crippen molar-refractivity contribution >= 4 is 17.1 Å². The van der Waals surface area contributed by atoms with Gasteiger partial charge < -0.3 is 9.15 Å². The summed E-state index contributed by atoms with van der Waals surface area (Å²) in [6.07, 6.45) is 1.51. The molecule has 0 saturated carbocycles. The minimum atomic E-state index is -0.473. The molecule has 0 aliphatic carbocycles. The van der Waals surface area contributed by atoms with Crippen LogP contribution < -0.4 is 4.74 Å². The summed E-state index contributed by atoms with van der Waals surface area (Å²) < 4.78 is 24.1. The van der Waals surface area contributed by atoms with Crippen LogP contribution in [0.5, 0.6) is 5.75 Å². The van der Waals surface area contributed by atoms with Crippen LogP contribution in [0, 0.1) is 5.82 Å². The van der Waals surface area contributed by atoms with Gasteiger partial charge in [-0.1, -0.05) is 6.07 Å². The minimum absolute atomic E-state index is 0.140. The van der Waals surface area contributed by atoms with E-state index in [0.717, 1.165) is 10.9 Å². The Balaban J connectivity index is 1.74. The van der Waals surface area contributed by atoms with Gasteiger partial charge in [-0.3, -0.25) is 4.79 Å². The molecule has 0 radical (unpaired) electrons. The van der Waals surface area contributed by atoms with E-state index in [-0.39, 0.29) is 18.0 Å². The largest absolute Gasteiger partial charge is 0.486 e. The molecule has 0 atom stereocenters. The molecule has 0 N–H and O–H groups in total. The van der Waals surface area contributed by atoms with Gasteiger partial charge in [-0.2, -0.15) is 0 Å². The number of ether oxygens (including phenoxy) is 1. The van der Waals surface area contributed by atoms with E-state index in [1.165, 1.54) is 36.7 Å². The van der Waals surface area contributed by atoms with E-state index in [4.69, 9.17) is 9.15 Å². The molecular formula is C16H12FNO3S. The van der Waals surface area contributed by atoms with Gasteiger partial charge in [-0.15, -0.1) is 11.3 Å². The average molecular weight is 317 g/mol. The lowest BCUT2D eigenvalue weighted by atomic mass is 10.1. The highest BCUT2D eigenvalue weighted by molar-refractivity contribution is 7.13. The third-order valence-corrected chi connectivity index (χ3v) is 3.84. The number of halogens is 1. The minimum Gasteiger partial charge on any atom is -0.486 e. The Labute approximate surface area is 130 Å².